The van der Waals surface area contributed by atoms with E-state index in [9.17, 15) is 0 Å². The first-order valence-electron chi connectivity index (χ1n) is 5.34. The van der Waals surface area contributed by atoms with Gasteiger partial charge in [-0.3, -0.25) is 10.3 Å². The number of aromatic nitrogens is 1. The van der Waals surface area contributed by atoms with Crippen LogP contribution in [0, 0.1) is 12.3 Å². The van der Waals surface area contributed by atoms with Crippen molar-refractivity contribution >= 4 is 10.9 Å². The first-order valence-corrected chi connectivity index (χ1v) is 5.34. The van der Waals surface area contributed by atoms with E-state index in [4.69, 9.17) is 6.42 Å². The van der Waals surface area contributed by atoms with E-state index in [1.165, 1.54) is 0 Å². The minimum absolute atomic E-state index is 0.0771. The Hall–Kier alpha value is -1.85. The van der Waals surface area contributed by atoms with Crippen molar-refractivity contribution in [2.45, 2.75) is 19.5 Å². The number of hydrogen-bond acceptors (Lipinski definition) is 2. The van der Waals surface area contributed by atoms with Crippen molar-refractivity contribution in [1.82, 2.24) is 10.3 Å². The van der Waals surface area contributed by atoms with Gasteiger partial charge in [0.25, 0.3) is 0 Å². The monoisotopic (exact) mass is 210 g/mol. The fourth-order valence-corrected chi connectivity index (χ4v) is 1.52. The molecule has 1 heterocycles. The van der Waals surface area contributed by atoms with Gasteiger partial charge in [-0.1, -0.05) is 30.2 Å². The quantitative estimate of drug-likeness (QED) is 0.786. The largest absolute Gasteiger partial charge is 0.298 e. The number of terminal acetylenes is 1. The average molecular weight is 210 g/mol. The van der Waals surface area contributed by atoms with Crippen LogP contribution >= 0.6 is 0 Å². The molecule has 0 amide bonds. The summed E-state index contributed by atoms with van der Waals surface area (Å²) < 4.78 is 0. The number of para-hydroxylation sites is 1. The van der Waals surface area contributed by atoms with Gasteiger partial charge in [-0.05, 0) is 19.1 Å². The second-order valence-electron chi connectivity index (χ2n) is 3.76. The zero-order valence-corrected chi connectivity index (χ0v) is 9.27. The predicted molar refractivity (Wildman–Crippen MR) is 66.9 cm³/mol. The molecular weight excluding hydrogens is 196 g/mol. The van der Waals surface area contributed by atoms with Gasteiger partial charge in [-0.2, -0.15) is 0 Å². The van der Waals surface area contributed by atoms with E-state index in [1.807, 2.05) is 31.2 Å². The van der Waals surface area contributed by atoms with Crippen molar-refractivity contribution in [1.29, 1.82) is 0 Å². The molecule has 0 bridgehead atoms. The summed E-state index contributed by atoms with van der Waals surface area (Å²) in [7, 11) is 0. The highest BCUT2D eigenvalue weighted by Gasteiger charge is 1.99. The van der Waals surface area contributed by atoms with Gasteiger partial charge in [0, 0.05) is 11.9 Å². The molecule has 0 aliphatic carbocycles. The number of nitrogens with zero attached hydrogens (tertiary/aromatic N) is 1. The number of benzene rings is 1. The second-order valence-corrected chi connectivity index (χ2v) is 3.76. The molecule has 0 spiro atoms. The second kappa shape index (κ2) is 4.78. The predicted octanol–water partition coefficient (Wildman–Crippen LogP) is 2.35. The van der Waals surface area contributed by atoms with Crippen molar-refractivity contribution in [2.24, 2.45) is 0 Å². The van der Waals surface area contributed by atoms with Crippen molar-refractivity contribution in [3.05, 3.63) is 42.1 Å². The molecule has 2 heteroatoms. The van der Waals surface area contributed by atoms with Crippen molar-refractivity contribution in [3.8, 4) is 12.3 Å². The minimum Gasteiger partial charge on any atom is -0.298 e. The lowest BCUT2D eigenvalue weighted by Crippen LogP contribution is -2.23. The Kier molecular flexibility index (Phi) is 3.19. The van der Waals surface area contributed by atoms with Gasteiger partial charge in [0.2, 0.25) is 0 Å². The Balaban J connectivity index is 2.17. The molecule has 1 aromatic heterocycles. The van der Waals surface area contributed by atoms with Gasteiger partial charge in [-0.25, -0.2) is 0 Å². The standard InChI is InChI=1S/C14H14N2/c1-3-11(2)15-10-13-9-8-12-6-4-5-7-14(12)16-13/h1,4-9,11,15H,10H2,2H3. The molecule has 2 rings (SSSR count). The maximum Gasteiger partial charge on any atom is 0.0705 e. The minimum atomic E-state index is 0.0771. The summed E-state index contributed by atoms with van der Waals surface area (Å²) in [6, 6.07) is 12.3. The van der Waals surface area contributed by atoms with Gasteiger partial charge in [0.05, 0.1) is 17.3 Å². The van der Waals surface area contributed by atoms with E-state index in [0.29, 0.717) is 6.54 Å². The molecule has 1 unspecified atom stereocenters. The summed E-state index contributed by atoms with van der Waals surface area (Å²) in [5, 5.41) is 4.38. The summed E-state index contributed by atoms with van der Waals surface area (Å²) >= 11 is 0. The van der Waals surface area contributed by atoms with Crippen LogP contribution in [0.2, 0.25) is 0 Å². The summed E-state index contributed by atoms with van der Waals surface area (Å²) in [6.45, 7) is 2.66. The van der Waals surface area contributed by atoms with Crippen LogP contribution in [-0.4, -0.2) is 11.0 Å². The van der Waals surface area contributed by atoms with Crippen LogP contribution in [-0.2, 0) is 6.54 Å². The number of nitrogens with one attached hydrogen (secondary N) is 1. The van der Waals surface area contributed by atoms with Gasteiger partial charge in [0.15, 0.2) is 0 Å². The van der Waals surface area contributed by atoms with E-state index in [-0.39, 0.29) is 6.04 Å². The smallest absolute Gasteiger partial charge is 0.0705 e. The molecule has 0 saturated heterocycles. The molecule has 0 saturated carbocycles. The lowest BCUT2D eigenvalue weighted by atomic mass is 10.2. The molecule has 0 aliphatic heterocycles. The third-order valence-corrected chi connectivity index (χ3v) is 2.50. The summed E-state index contributed by atoms with van der Waals surface area (Å²) in [5.41, 5.74) is 2.04. The molecule has 0 aliphatic rings. The fourth-order valence-electron chi connectivity index (χ4n) is 1.52. The average Bonchev–Trinajstić information content (AvgIpc) is 2.35. The fraction of sp³-hybridized carbons (Fsp3) is 0.214. The van der Waals surface area contributed by atoms with Gasteiger partial charge in [-0.15, -0.1) is 6.42 Å². The molecule has 1 aromatic carbocycles. The molecular formula is C14H14N2. The van der Waals surface area contributed by atoms with E-state index in [0.717, 1.165) is 16.6 Å². The van der Waals surface area contributed by atoms with E-state index >= 15 is 0 Å². The third kappa shape index (κ3) is 2.39. The Labute approximate surface area is 95.7 Å². The van der Waals surface area contributed by atoms with Crippen LogP contribution in [0.1, 0.15) is 12.6 Å². The number of fused-ring (bicyclic) bond motifs is 1. The van der Waals surface area contributed by atoms with Crippen LogP contribution in [0.15, 0.2) is 36.4 Å². The Morgan fingerprint density at radius 2 is 2.12 bits per heavy atom. The van der Waals surface area contributed by atoms with Crippen molar-refractivity contribution in [2.75, 3.05) is 0 Å². The summed E-state index contributed by atoms with van der Waals surface area (Å²) in [4.78, 5) is 4.55. The topological polar surface area (TPSA) is 24.9 Å². The van der Waals surface area contributed by atoms with Gasteiger partial charge in [0.1, 0.15) is 0 Å². The van der Waals surface area contributed by atoms with E-state index in [2.05, 4.69) is 28.4 Å². The maximum absolute atomic E-state index is 5.29. The first kappa shape index (κ1) is 10.7. The summed E-state index contributed by atoms with van der Waals surface area (Å²) in [6.07, 6.45) is 5.29. The third-order valence-electron chi connectivity index (χ3n) is 2.50. The van der Waals surface area contributed by atoms with E-state index < -0.39 is 0 Å². The van der Waals surface area contributed by atoms with Crippen LogP contribution < -0.4 is 5.32 Å². The molecule has 80 valence electrons. The van der Waals surface area contributed by atoms with Crippen LogP contribution in [0.3, 0.4) is 0 Å². The van der Waals surface area contributed by atoms with Crippen molar-refractivity contribution < 1.29 is 0 Å². The molecule has 0 radical (unpaired) electrons. The molecule has 1 atom stereocenters. The SMILES string of the molecule is C#CC(C)NCc1ccc2ccccc2n1. The maximum atomic E-state index is 5.29. The van der Waals surface area contributed by atoms with Gasteiger partial charge >= 0.3 is 0 Å². The summed E-state index contributed by atoms with van der Waals surface area (Å²) in [5.74, 6) is 2.63. The highest BCUT2D eigenvalue weighted by molar-refractivity contribution is 5.78. The highest BCUT2D eigenvalue weighted by Crippen LogP contribution is 2.11. The van der Waals surface area contributed by atoms with Crippen molar-refractivity contribution in [3.63, 3.8) is 0 Å². The van der Waals surface area contributed by atoms with Crippen LogP contribution in [0.5, 0.6) is 0 Å². The molecule has 2 nitrogen and oxygen atoms in total. The van der Waals surface area contributed by atoms with Crippen LogP contribution in [0.25, 0.3) is 10.9 Å². The zero-order valence-electron chi connectivity index (χ0n) is 9.27. The number of hydrogen-bond donors (Lipinski definition) is 1. The number of pyridine rings is 1. The van der Waals surface area contributed by atoms with Gasteiger partial charge < -0.3 is 0 Å². The lowest BCUT2D eigenvalue weighted by molar-refractivity contribution is 0.639. The highest BCUT2D eigenvalue weighted by atomic mass is 14.9. The van der Waals surface area contributed by atoms with E-state index in [1.54, 1.807) is 0 Å². The normalized spacial score (nSPS) is 12.2. The first-order chi connectivity index (χ1) is 7.79. The zero-order chi connectivity index (χ0) is 11.4. The Bertz CT molecular complexity index is 525. The molecule has 0 fully saturated rings. The molecule has 16 heavy (non-hydrogen) atoms. The van der Waals surface area contributed by atoms with Crippen LogP contribution in [0.4, 0.5) is 0 Å². The molecule has 1 N–H and O–H groups in total. The number of rotatable bonds is 3. The Morgan fingerprint density at radius 3 is 2.94 bits per heavy atom. The lowest BCUT2D eigenvalue weighted by Gasteiger charge is -2.07. The molecule has 2 aromatic rings. The Morgan fingerprint density at radius 1 is 1.31 bits per heavy atom.